The number of nitrogens with one attached hydrogen (secondary N) is 1. The Kier molecular flexibility index (Phi) is 12.1. The molecule has 0 aliphatic carbocycles. The van der Waals surface area contributed by atoms with Crippen molar-refractivity contribution < 1.29 is 19.0 Å². The van der Waals surface area contributed by atoms with Crippen molar-refractivity contribution in [2.45, 2.75) is 65.3 Å². The molecule has 0 saturated heterocycles. The first kappa shape index (κ1) is 35.4. The third-order valence-corrected chi connectivity index (χ3v) is 8.89. The van der Waals surface area contributed by atoms with Gasteiger partial charge < -0.3 is 25.3 Å². The van der Waals surface area contributed by atoms with Gasteiger partial charge in [-0.3, -0.25) is 4.68 Å². The van der Waals surface area contributed by atoms with Gasteiger partial charge in [-0.1, -0.05) is 116 Å². The first-order chi connectivity index (χ1) is 25.0. The van der Waals surface area contributed by atoms with Gasteiger partial charge in [-0.15, -0.1) is 5.10 Å². The van der Waals surface area contributed by atoms with Gasteiger partial charge >= 0.3 is 6.09 Å². The highest BCUT2D eigenvalue weighted by Gasteiger charge is 2.20. The van der Waals surface area contributed by atoms with Crippen LogP contribution in [0.4, 0.5) is 4.79 Å². The fraction of sp³-hybridized carbons (Fsp3) is 0.310. The number of carbonyl (C=O) groups excluding carboxylic acids is 1. The Hall–Kier alpha value is -5.41. The number of unbranched alkanes of at least 4 members (excludes halogenated alkanes) is 1. The van der Waals surface area contributed by atoms with E-state index in [0.29, 0.717) is 31.3 Å². The van der Waals surface area contributed by atoms with Crippen LogP contribution in [0.1, 0.15) is 50.8 Å². The third kappa shape index (κ3) is 9.43. The third-order valence-electron chi connectivity index (χ3n) is 8.89. The fourth-order valence-electron chi connectivity index (χ4n) is 6.21. The molecule has 0 saturated carbocycles. The van der Waals surface area contributed by atoms with Crippen LogP contribution in [0, 0.1) is 5.92 Å². The number of rotatable bonds is 17. The molecule has 6 aromatic rings. The Labute approximate surface area is 299 Å². The van der Waals surface area contributed by atoms with Crippen molar-refractivity contribution in [1.29, 1.82) is 0 Å². The van der Waals surface area contributed by atoms with Crippen molar-refractivity contribution in [2.24, 2.45) is 11.7 Å². The molecule has 0 spiro atoms. The standard InChI is InChI=1S/C42H47N5O4/c1-30(2)23-25-49-38-21-19-32-14-6-8-17-36(32)40(38)41-37-18-9-7-15-33(37)20-22-39(41)50-29-35-27-47(46-45-35)26-34(16-10-11-24-43)44-42(48)51-28-31-12-4-3-5-13-31/h3-9,12-15,17-22,27,30,34H,10-11,16,23-26,28-29,43H2,1-2H3,(H,44,48)/t34-/m1/s1. The monoisotopic (exact) mass is 685 g/mol. The van der Waals surface area contributed by atoms with E-state index in [9.17, 15) is 4.79 Å². The molecule has 1 amide bonds. The van der Waals surface area contributed by atoms with Crippen molar-refractivity contribution in [3.8, 4) is 22.6 Å². The van der Waals surface area contributed by atoms with Crippen molar-refractivity contribution >= 4 is 27.6 Å². The molecule has 9 nitrogen and oxygen atoms in total. The van der Waals surface area contributed by atoms with Crippen LogP contribution in [-0.4, -0.2) is 40.3 Å². The van der Waals surface area contributed by atoms with Crippen LogP contribution in [0.3, 0.4) is 0 Å². The number of hydrogen-bond donors (Lipinski definition) is 2. The highest BCUT2D eigenvalue weighted by Crippen LogP contribution is 2.45. The van der Waals surface area contributed by atoms with Crippen molar-refractivity contribution in [3.05, 3.63) is 121 Å². The Morgan fingerprint density at radius 1 is 0.765 bits per heavy atom. The van der Waals surface area contributed by atoms with Crippen LogP contribution in [0.5, 0.6) is 11.5 Å². The quantitative estimate of drug-likeness (QED) is 0.0924. The average Bonchev–Trinajstić information content (AvgIpc) is 3.60. The van der Waals surface area contributed by atoms with Crippen molar-refractivity contribution in [1.82, 2.24) is 20.3 Å². The van der Waals surface area contributed by atoms with Gasteiger partial charge in [0.2, 0.25) is 0 Å². The molecule has 1 atom stereocenters. The summed E-state index contributed by atoms with van der Waals surface area (Å²) in [6.45, 7) is 6.48. The molecule has 3 N–H and O–H groups in total. The van der Waals surface area contributed by atoms with E-state index in [1.165, 1.54) is 0 Å². The summed E-state index contributed by atoms with van der Waals surface area (Å²) in [6.07, 6.45) is 4.82. The number of fused-ring (bicyclic) bond motifs is 2. The minimum absolute atomic E-state index is 0.202. The molecule has 0 radical (unpaired) electrons. The van der Waals surface area contributed by atoms with Gasteiger partial charge in [0.1, 0.15) is 30.4 Å². The van der Waals surface area contributed by atoms with Crippen LogP contribution in [0.2, 0.25) is 0 Å². The Morgan fingerprint density at radius 2 is 1.41 bits per heavy atom. The van der Waals surface area contributed by atoms with Crippen molar-refractivity contribution in [2.75, 3.05) is 13.2 Å². The Morgan fingerprint density at radius 3 is 2.08 bits per heavy atom. The number of amides is 1. The molecular weight excluding hydrogens is 638 g/mol. The summed E-state index contributed by atoms with van der Waals surface area (Å²) in [7, 11) is 0. The Bertz CT molecular complexity index is 2030. The van der Waals surface area contributed by atoms with E-state index >= 15 is 0 Å². The second-order valence-corrected chi connectivity index (χ2v) is 13.3. The lowest BCUT2D eigenvalue weighted by atomic mass is 9.92. The first-order valence-corrected chi connectivity index (χ1v) is 17.8. The SMILES string of the molecule is CC(C)CCOc1ccc2ccccc2c1-c1c(OCc2cn(C[C@@H](CCCCN)NC(=O)OCc3ccccc3)nn2)ccc2ccccc12. The summed E-state index contributed by atoms with van der Waals surface area (Å²) in [6, 6.07) is 34.5. The number of alkyl carbamates (subject to hydrolysis) is 1. The number of nitrogens with two attached hydrogens (primary N) is 1. The summed E-state index contributed by atoms with van der Waals surface area (Å²) < 4.78 is 20.3. The summed E-state index contributed by atoms with van der Waals surface area (Å²) in [5.74, 6) is 2.09. The number of benzene rings is 5. The Balaban J connectivity index is 1.22. The molecule has 0 fully saturated rings. The minimum Gasteiger partial charge on any atom is -0.493 e. The topological polar surface area (TPSA) is 114 Å². The second-order valence-electron chi connectivity index (χ2n) is 13.3. The van der Waals surface area contributed by atoms with Crippen LogP contribution in [0.25, 0.3) is 32.7 Å². The highest BCUT2D eigenvalue weighted by atomic mass is 16.5. The molecule has 9 heteroatoms. The zero-order valence-corrected chi connectivity index (χ0v) is 29.5. The van der Waals surface area contributed by atoms with Gasteiger partial charge in [-0.05, 0) is 71.0 Å². The summed E-state index contributed by atoms with van der Waals surface area (Å²) in [4.78, 5) is 12.7. The molecule has 6 rings (SSSR count). The lowest BCUT2D eigenvalue weighted by Gasteiger charge is -2.20. The lowest BCUT2D eigenvalue weighted by Crippen LogP contribution is -2.38. The number of nitrogens with zero attached hydrogens (tertiary/aromatic N) is 3. The zero-order chi connectivity index (χ0) is 35.4. The molecule has 264 valence electrons. The molecular formula is C42H47N5O4. The average molecular weight is 686 g/mol. The fourth-order valence-corrected chi connectivity index (χ4v) is 6.21. The largest absolute Gasteiger partial charge is 0.493 e. The van der Waals surface area contributed by atoms with Gasteiger partial charge in [0.25, 0.3) is 0 Å². The zero-order valence-electron chi connectivity index (χ0n) is 29.5. The minimum atomic E-state index is -0.468. The molecule has 51 heavy (non-hydrogen) atoms. The van der Waals surface area contributed by atoms with Crippen LogP contribution >= 0.6 is 0 Å². The van der Waals surface area contributed by atoms with Gasteiger partial charge in [-0.2, -0.15) is 0 Å². The first-order valence-electron chi connectivity index (χ1n) is 17.8. The predicted octanol–water partition coefficient (Wildman–Crippen LogP) is 8.68. The molecule has 0 unspecified atom stereocenters. The molecule has 0 aliphatic rings. The van der Waals surface area contributed by atoms with E-state index in [1.54, 1.807) is 4.68 Å². The van der Waals surface area contributed by atoms with Crippen LogP contribution in [0.15, 0.2) is 109 Å². The normalized spacial score (nSPS) is 11.9. The molecule has 0 aliphatic heterocycles. The van der Waals surface area contributed by atoms with Gasteiger partial charge in [0.05, 0.1) is 25.4 Å². The molecule has 1 heterocycles. The summed E-state index contributed by atoms with van der Waals surface area (Å²) in [5.41, 5.74) is 9.35. The van der Waals surface area contributed by atoms with E-state index in [4.69, 9.17) is 19.9 Å². The maximum Gasteiger partial charge on any atom is 0.407 e. The predicted molar refractivity (Wildman–Crippen MR) is 203 cm³/mol. The second kappa shape index (κ2) is 17.5. The summed E-state index contributed by atoms with van der Waals surface area (Å²) >= 11 is 0. The van der Waals surface area contributed by atoms with Gasteiger partial charge in [0, 0.05) is 11.1 Å². The molecule has 0 bridgehead atoms. The number of hydrogen-bond acceptors (Lipinski definition) is 7. The number of aromatic nitrogens is 3. The van der Waals surface area contributed by atoms with Crippen LogP contribution < -0.4 is 20.5 Å². The maximum atomic E-state index is 12.7. The molecule has 1 aromatic heterocycles. The van der Waals surface area contributed by atoms with E-state index in [0.717, 1.165) is 75.4 Å². The van der Waals surface area contributed by atoms with Gasteiger partial charge in [-0.25, -0.2) is 4.79 Å². The van der Waals surface area contributed by atoms with Gasteiger partial charge in [0.15, 0.2) is 0 Å². The number of ether oxygens (including phenoxy) is 3. The van der Waals surface area contributed by atoms with E-state index in [-0.39, 0.29) is 19.3 Å². The van der Waals surface area contributed by atoms with Crippen molar-refractivity contribution in [3.63, 3.8) is 0 Å². The maximum absolute atomic E-state index is 12.7. The highest BCUT2D eigenvalue weighted by molar-refractivity contribution is 6.09. The number of carbonyl (C=O) groups is 1. The lowest BCUT2D eigenvalue weighted by molar-refractivity contribution is 0.133. The smallest absolute Gasteiger partial charge is 0.407 e. The van der Waals surface area contributed by atoms with Crippen LogP contribution in [-0.2, 0) is 24.5 Å². The van der Waals surface area contributed by atoms with E-state index in [2.05, 4.69) is 96.2 Å². The van der Waals surface area contributed by atoms with E-state index in [1.807, 2.05) is 42.6 Å². The molecule has 5 aromatic carbocycles. The van der Waals surface area contributed by atoms with E-state index < -0.39 is 6.09 Å². The summed E-state index contributed by atoms with van der Waals surface area (Å²) in [5, 5.41) is 16.2.